The molecule has 0 aliphatic carbocycles. The van der Waals surface area contributed by atoms with Crippen LogP contribution in [0.2, 0.25) is 0 Å². The molecule has 0 saturated carbocycles. The van der Waals surface area contributed by atoms with Crippen LogP contribution in [0.15, 0.2) is 23.0 Å². The molecule has 0 aliphatic rings. The Hall–Kier alpha value is -1.69. The van der Waals surface area contributed by atoms with Crippen LogP contribution in [0, 0.1) is 11.7 Å². The number of aromatic nitrogens is 1. The van der Waals surface area contributed by atoms with E-state index in [4.69, 9.17) is 0 Å². The Balaban J connectivity index is 2.57. The molecular weight excluding hydrogens is 269 g/mol. The van der Waals surface area contributed by atoms with Crippen LogP contribution in [0.1, 0.15) is 26.3 Å². The average molecular weight is 283 g/mol. The summed E-state index contributed by atoms with van der Waals surface area (Å²) < 4.78 is 15.0. The molecule has 2 aromatic rings. The zero-order valence-corrected chi connectivity index (χ0v) is 11.4. The molecule has 0 aliphatic heterocycles. The molecule has 1 heterocycles. The Labute approximate surface area is 113 Å². The van der Waals surface area contributed by atoms with E-state index in [0.717, 1.165) is 17.6 Å². The smallest absolute Gasteiger partial charge is 0.327 e. The van der Waals surface area contributed by atoms with E-state index >= 15 is 0 Å². The fourth-order valence-corrected chi connectivity index (χ4v) is 3.03. The molecule has 1 atom stereocenters. The summed E-state index contributed by atoms with van der Waals surface area (Å²) in [6.07, 6.45) is 0.366. The molecule has 0 bridgehead atoms. The maximum atomic E-state index is 13.1. The van der Waals surface area contributed by atoms with Gasteiger partial charge in [0.1, 0.15) is 11.9 Å². The van der Waals surface area contributed by atoms with Gasteiger partial charge >= 0.3 is 5.97 Å². The first kappa shape index (κ1) is 13.7. The fourth-order valence-electron chi connectivity index (χ4n) is 1.96. The summed E-state index contributed by atoms with van der Waals surface area (Å²) in [6, 6.07) is 3.02. The van der Waals surface area contributed by atoms with Crippen molar-refractivity contribution in [1.29, 1.82) is 0 Å². The van der Waals surface area contributed by atoms with Gasteiger partial charge in [0.15, 0.2) is 0 Å². The van der Waals surface area contributed by atoms with Gasteiger partial charge in [0.25, 0.3) is 5.56 Å². The number of carboxylic acids is 1. The lowest BCUT2D eigenvalue weighted by Crippen LogP contribution is -2.26. The Morgan fingerprint density at radius 2 is 2.16 bits per heavy atom. The van der Waals surface area contributed by atoms with E-state index in [0.29, 0.717) is 11.1 Å². The lowest BCUT2D eigenvalue weighted by Gasteiger charge is -2.14. The van der Waals surface area contributed by atoms with Crippen molar-refractivity contribution in [3.05, 3.63) is 34.4 Å². The zero-order chi connectivity index (χ0) is 14.2. The lowest BCUT2D eigenvalue weighted by molar-refractivity contribution is -0.141. The highest BCUT2D eigenvalue weighted by Crippen LogP contribution is 2.24. The average Bonchev–Trinajstić information content (AvgIpc) is 2.63. The molecule has 0 fully saturated rings. The Morgan fingerprint density at radius 3 is 2.74 bits per heavy atom. The van der Waals surface area contributed by atoms with Gasteiger partial charge in [0.2, 0.25) is 0 Å². The summed E-state index contributed by atoms with van der Waals surface area (Å²) in [5, 5.41) is 9.49. The monoisotopic (exact) mass is 283 g/mol. The molecule has 0 amide bonds. The topological polar surface area (TPSA) is 59.3 Å². The third-order valence-electron chi connectivity index (χ3n) is 2.83. The van der Waals surface area contributed by atoms with Gasteiger partial charge in [-0.15, -0.1) is 0 Å². The second-order valence-electron chi connectivity index (χ2n) is 4.85. The van der Waals surface area contributed by atoms with Gasteiger partial charge in [0, 0.05) is 0 Å². The highest BCUT2D eigenvalue weighted by molar-refractivity contribution is 7.14. The van der Waals surface area contributed by atoms with Gasteiger partial charge in [-0.3, -0.25) is 4.79 Å². The summed E-state index contributed by atoms with van der Waals surface area (Å²) in [4.78, 5) is 23.5. The third kappa shape index (κ3) is 2.68. The van der Waals surface area contributed by atoms with E-state index in [9.17, 15) is 19.1 Å². The van der Waals surface area contributed by atoms with Gasteiger partial charge in [-0.2, -0.15) is 0 Å². The first-order valence-corrected chi connectivity index (χ1v) is 6.71. The number of fused-ring (bicyclic) bond motifs is 1. The van der Waals surface area contributed by atoms with Crippen molar-refractivity contribution in [2.24, 2.45) is 5.92 Å². The summed E-state index contributed by atoms with van der Waals surface area (Å²) in [6.45, 7) is 3.79. The molecular formula is C13H14FNO3S. The summed E-state index contributed by atoms with van der Waals surface area (Å²) in [5.41, 5.74) is -0.437. The molecule has 1 N–H and O–H groups in total. The molecule has 19 heavy (non-hydrogen) atoms. The molecule has 4 nitrogen and oxygen atoms in total. The summed E-state index contributed by atoms with van der Waals surface area (Å²) in [7, 11) is 0. The van der Waals surface area contributed by atoms with Gasteiger partial charge in [-0.25, -0.2) is 13.1 Å². The van der Waals surface area contributed by atoms with Crippen molar-refractivity contribution in [3.63, 3.8) is 0 Å². The minimum atomic E-state index is -1.04. The maximum absolute atomic E-state index is 13.1. The Morgan fingerprint density at radius 1 is 1.47 bits per heavy atom. The van der Waals surface area contributed by atoms with E-state index in [1.165, 1.54) is 16.1 Å². The van der Waals surface area contributed by atoms with Gasteiger partial charge in [0.05, 0.1) is 10.1 Å². The van der Waals surface area contributed by atoms with Crippen molar-refractivity contribution < 1.29 is 14.3 Å². The number of benzene rings is 1. The number of nitrogens with zero attached hydrogens (tertiary/aromatic N) is 1. The highest BCUT2D eigenvalue weighted by atomic mass is 32.1. The van der Waals surface area contributed by atoms with Crippen LogP contribution < -0.4 is 5.56 Å². The predicted molar refractivity (Wildman–Crippen MR) is 72.2 cm³/mol. The normalized spacial score (nSPS) is 13.1. The number of aliphatic carboxylic acids is 1. The van der Waals surface area contributed by atoms with E-state index < -0.39 is 23.4 Å². The van der Waals surface area contributed by atoms with Gasteiger partial charge in [-0.05, 0) is 30.5 Å². The van der Waals surface area contributed by atoms with Crippen molar-refractivity contribution in [1.82, 2.24) is 3.96 Å². The van der Waals surface area contributed by atoms with Crippen LogP contribution in [0.25, 0.3) is 10.1 Å². The van der Waals surface area contributed by atoms with Crippen LogP contribution in [0.5, 0.6) is 0 Å². The van der Waals surface area contributed by atoms with Crippen molar-refractivity contribution in [2.75, 3.05) is 0 Å². The van der Waals surface area contributed by atoms with Crippen LogP contribution in [-0.2, 0) is 4.79 Å². The Kier molecular flexibility index (Phi) is 3.71. The first-order chi connectivity index (χ1) is 8.90. The summed E-state index contributed by atoms with van der Waals surface area (Å²) in [5.74, 6) is -1.39. The standard InChI is InChI=1S/C13H14FNO3S/c1-7(2)5-10(13(17)18)15-12(16)9-6-8(14)3-4-11(9)19-15/h3-4,6-7,10H,5H2,1-2H3,(H,17,18)/t10-/m0/s1. The van der Waals surface area contributed by atoms with Gasteiger partial charge < -0.3 is 5.11 Å². The molecule has 0 unspecified atom stereocenters. The van der Waals surface area contributed by atoms with Crippen molar-refractivity contribution in [3.8, 4) is 0 Å². The van der Waals surface area contributed by atoms with Crippen LogP contribution in [0.3, 0.4) is 0 Å². The number of rotatable bonds is 4. The highest BCUT2D eigenvalue weighted by Gasteiger charge is 2.24. The molecule has 1 aromatic heterocycles. The fraction of sp³-hybridized carbons (Fsp3) is 0.385. The van der Waals surface area contributed by atoms with E-state index in [2.05, 4.69) is 0 Å². The molecule has 2 rings (SSSR count). The number of carbonyl (C=O) groups is 1. The second-order valence-corrected chi connectivity index (χ2v) is 5.86. The van der Waals surface area contributed by atoms with Crippen LogP contribution in [-0.4, -0.2) is 15.0 Å². The van der Waals surface area contributed by atoms with Crippen LogP contribution >= 0.6 is 11.5 Å². The summed E-state index contributed by atoms with van der Waals surface area (Å²) >= 11 is 1.07. The predicted octanol–water partition coefficient (Wildman–Crippen LogP) is 2.87. The first-order valence-electron chi connectivity index (χ1n) is 5.94. The maximum Gasteiger partial charge on any atom is 0.327 e. The largest absolute Gasteiger partial charge is 0.480 e. The number of carboxylic acid groups (broad SMARTS) is 1. The second kappa shape index (κ2) is 5.13. The molecule has 1 aromatic carbocycles. The quantitative estimate of drug-likeness (QED) is 0.938. The van der Waals surface area contributed by atoms with Gasteiger partial charge in [-0.1, -0.05) is 25.4 Å². The Bertz CT molecular complexity index is 674. The number of halogens is 1. The lowest BCUT2D eigenvalue weighted by atomic mass is 10.0. The van der Waals surface area contributed by atoms with E-state index in [-0.39, 0.29) is 11.3 Å². The SMILES string of the molecule is CC(C)C[C@@H](C(=O)O)n1sc2ccc(F)cc2c1=O. The molecule has 0 radical (unpaired) electrons. The van der Waals surface area contributed by atoms with Crippen LogP contribution in [0.4, 0.5) is 4.39 Å². The third-order valence-corrected chi connectivity index (χ3v) is 4.00. The molecule has 6 heteroatoms. The van der Waals surface area contributed by atoms with Crippen molar-refractivity contribution in [2.45, 2.75) is 26.3 Å². The molecule has 102 valence electrons. The minimum Gasteiger partial charge on any atom is -0.480 e. The molecule has 0 spiro atoms. The molecule has 0 saturated heterocycles. The number of hydrogen-bond acceptors (Lipinski definition) is 3. The number of hydrogen-bond donors (Lipinski definition) is 1. The minimum absolute atomic E-state index is 0.148. The van der Waals surface area contributed by atoms with E-state index in [1.807, 2.05) is 13.8 Å². The zero-order valence-electron chi connectivity index (χ0n) is 10.6. The van der Waals surface area contributed by atoms with Crippen molar-refractivity contribution >= 4 is 27.6 Å². The van der Waals surface area contributed by atoms with E-state index in [1.54, 1.807) is 0 Å².